The van der Waals surface area contributed by atoms with Crippen LogP contribution in [0.1, 0.15) is 36.5 Å². The number of nitrogens with one attached hydrogen (secondary N) is 2. The Labute approximate surface area is 117 Å². The van der Waals surface area contributed by atoms with Gasteiger partial charge in [0.05, 0.1) is 5.56 Å². The molecule has 20 heavy (non-hydrogen) atoms. The summed E-state index contributed by atoms with van der Waals surface area (Å²) in [6.07, 6.45) is 2.52. The van der Waals surface area contributed by atoms with Gasteiger partial charge in [-0.2, -0.15) is 0 Å². The average molecular weight is 280 g/mol. The predicted octanol–water partition coefficient (Wildman–Crippen LogP) is 1.13. The zero-order chi connectivity index (χ0) is 15.0. The molecule has 110 valence electrons. The molecule has 6 nitrogen and oxygen atoms in total. The second-order valence-electron chi connectivity index (χ2n) is 4.47. The number of para-hydroxylation sites is 1. The first-order valence-corrected chi connectivity index (χ1v) is 6.56. The fraction of sp³-hybridized carbons (Fsp3) is 0.429. The van der Waals surface area contributed by atoms with Gasteiger partial charge in [-0.25, -0.2) is 0 Å². The van der Waals surface area contributed by atoms with Crippen molar-refractivity contribution >= 4 is 11.8 Å². The number of rotatable bonds is 7. The van der Waals surface area contributed by atoms with Gasteiger partial charge in [0.1, 0.15) is 0 Å². The summed E-state index contributed by atoms with van der Waals surface area (Å²) in [5, 5.41) is 24.2. The number of hydrogen-bond acceptors (Lipinski definition) is 4. The first-order valence-electron chi connectivity index (χ1n) is 6.56. The van der Waals surface area contributed by atoms with Crippen LogP contribution in [0.2, 0.25) is 0 Å². The van der Waals surface area contributed by atoms with E-state index in [9.17, 15) is 19.8 Å². The lowest BCUT2D eigenvalue weighted by molar-refractivity contribution is -0.118. The number of carbonyl (C=O) groups is 2. The van der Waals surface area contributed by atoms with E-state index in [0.29, 0.717) is 13.1 Å². The summed E-state index contributed by atoms with van der Waals surface area (Å²) in [4.78, 5) is 22.4. The smallest absolute Gasteiger partial charge is 0.255 e. The van der Waals surface area contributed by atoms with Crippen LogP contribution < -0.4 is 10.6 Å². The molecule has 0 unspecified atom stereocenters. The zero-order valence-corrected chi connectivity index (χ0v) is 11.5. The summed E-state index contributed by atoms with van der Waals surface area (Å²) in [6, 6.07) is 4.26. The fourth-order valence-electron chi connectivity index (χ4n) is 1.70. The van der Waals surface area contributed by atoms with Crippen molar-refractivity contribution in [1.29, 1.82) is 0 Å². The van der Waals surface area contributed by atoms with Gasteiger partial charge in [0.15, 0.2) is 11.5 Å². The number of amides is 2. The molecule has 0 atom stereocenters. The van der Waals surface area contributed by atoms with E-state index in [1.165, 1.54) is 25.1 Å². The molecule has 0 heterocycles. The Balaban J connectivity index is 2.24. The molecule has 2 amide bonds. The summed E-state index contributed by atoms with van der Waals surface area (Å²) in [5.41, 5.74) is 0.0586. The summed E-state index contributed by atoms with van der Waals surface area (Å²) in [7, 11) is 0. The van der Waals surface area contributed by atoms with E-state index < -0.39 is 11.7 Å². The molecule has 0 aliphatic heterocycles. The Kier molecular flexibility index (Phi) is 6.36. The van der Waals surface area contributed by atoms with Crippen LogP contribution >= 0.6 is 0 Å². The van der Waals surface area contributed by atoms with Crippen LogP contribution in [0.3, 0.4) is 0 Å². The quantitative estimate of drug-likeness (QED) is 0.444. The molecule has 0 radical (unpaired) electrons. The highest BCUT2D eigenvalue weighted by Gasteiger charge is 2.12. The lowest BCUT2D eigenvalue weighted by atomic mass is 10.1. The highest BCUT2D eigenvalue weighted by molar-refractivity contribution is 5.97. The normalized spacial score (nSPS) is 10.1. The van der Waals surface area contributed by atoms with Crippen LogP contribution in [-0.2, 0) is 4.79 Å². The average Bonchev–Trinajstić information content (AvgIpc) is 2.40. The number of phenolic OH excluding ortho intramolecular Hbond substituents is 2. The second-order valence-corrected chi connectivity index (χ2v) is 4.47. The Morgan fingerprint density at radius 2 is 1.70 bits per heavy atom. The maximum atomic E-state index is 11.8. The van der Waals surface area contributed by atoms with Crippen LogP contribution in [0, 0.1) is 0 Å². The standard InChI is InChI=1S/C14H20N2O4/c1-10(17)15-8-3-2-4-9-16-14(20)11-6-5-7-12(18)13(11)19/h5-7,18-19H,2-4,8-9H2,1H3,(H,15,17)(H,16,20). The van der Waals surface area contributed by atoms with Crippen molar-refractivity contribution in [2.45, 2.75) is 26.2 Å². The van der Waals surface area contributed by atoms with Crippen molar-refractivity contribution in [3.8, 4) is 11.5 Å². The molecule has 0 bridgehead atoms. The number of carbonyl (C=O) groups excluding carboxylic acids is 2. The van der Waals surface area contributed by atoms with Crippen LogP contribution in [0.25, 0.3) is 0 Å². The van der Waals surface area contributed by atoms with Gasteiger partial charge in [-0.1, -0.05) is 6.07 Å². The van der Waals surface area contributed by atoms with Gasteiger partial charge in [0.25, 0.3) is 5.91 Å². The maximum Gasteiger partial charge on any atom is 0.255 e. The van der Waals surface area contributed by atoms with Crippen LogP contribution in [0.5, 0.6) is 11.5 Å². The SMILES string of the molecule is CC(=O)NCCCCCNC(=O)c1cccc(O)c1O. The highest BCUT2D eigenvalue weighted by atomic mass is 16.3. The molecule has 0 fully saturated rings. The van der Waals surface area contributed by atoms with Crippen molar-refractivity contribution in [3.63, 3.8) is 0 Å². The molecule has 0 spiro atoms. The third-order valence-electron chi connectivity index (χ3n) is 2.77. The number of benzene rings is 1. The van der Waals surface area contributed by atoms with Gasteiger partial charge in [-0.05, 0) is 31.4 Å². The lowest BCUT2D eigenvalue weighted by Crippen LogP contribution is -2.25. The van der Waals surface area contributed by atoms with Gasteiger partial charge >= 0.3 is 0 Å². The van der Waals surface area contributed by atoms with Crippen molar-refractivity contribution in [2.24, 2.45) is 0 Å². The van der Waals surface area contributed by atoms with Gasteiger partial charge in [-0.3, -0.25) is 9.59 Å². The van der Waals surface area contributed by atoms with Crippen molar-refractivity contribution in [2.75, 3.05) is 13.1 Å². The van der Waals surface area contributed by atoms with Crippen molar-refractivity contribution < 1.29 is 19.8 Å². The summed E-state index contributed by atoms with van der Waals surface area (Å²) in [5.74, 6) is -1.18. The van der Waals surface area contributed by atoms with Crippen LogP contribution in [-0.4, -0.2) is 35.1 Å². The topological polar surface area (TPSA) is 98.7 Å². The number of aromatic hydroxyl groups is 2. The Bertz CT molecular complexity index is 474. The predicted molar refractivity (Wildman–Crippen MR) is 74.6 cm³/mol. The molecule has 0 aliphatic rings. The summed E-state index contributed by atoms with van der Waals surface area (Å²) in [6.45, 7) is 2.59. The monoisotopic (exact) mass is 280 g/mol. The fourth-order valence-corrected chi connectivity index (χ4v) is 1.70. The van der Waals surface area contributed by atoms with E-state index in [2.05, 4.69) is 10.6 Å². The van der Waals surface area contributed by atoms with E-state index in [4.69, 9.17) is 0 Å². The minimum atomic E-state index is -0.416. The summed E-state index contributed by atoms with van der Waals surface area (Å²) >= 11 is 0. The molecule has 6 heteroatoms. The minimum absolute atomic E-state index is 0.0438. The lowest BCUT2D eigenvalue weighted by Gasteiger charge is -2.07. The van der Waals surface area contributed by atoms with E-state index in [1.807, 2.05) is 0 Å². The molecule has 0 aromatic heterocycles. The Morgan fingerprint density at radius 1 is 1.05 bits per heavy atom. The van der Waals surface area contributed by atoms with Crippen molar-refractivity contribution in [1.82, 2.24) is 10.6 Å². The largest absolute Gasteiger partial charge is 0.504 e. The summed E-state index contributed by atoms with van der Waals surface area (Å²) < 4.78 is 0. The van der Waals surface area contributed by atoms with Gasteiger partial charge in [0, 0.05) is 20.0 Å². The second kappa shape index (κ2) is 8.04. The molecule has 1 rings (SSSR count). The van der Waals surface area contributed by atoms with Gasteiger partial charge in [0.2, 0.25) is 5.91 Å². The first-order chi connectivity index (χ1) is 9.52. The molecule has 4 N–H and O–H groups in total. The maximum absolute atomic E-state index is 11.8. The molecule has 1 aromatic rings. The number of phenols is 2. The first kappa shape index (κ1) is 15.8. The molecule has 0 saturated carbocycles. The molecule has 0 saturated heterocycles. The minimum Gasteiger partial charge on any atom is -0.504 e. The third kappa shape index (κ3) is 5.17. The molecular weight excluding hydrogens is 260 g/mol. The van der Waals surface area contributed by atoms with Gasteiger partial charge in [-0.15, -0.1) is 0 Å². The van der Waals surface area contributed by atoms with Gasteiger partial charge < -0.3 is 20.8 Å². The number of unbranched alkanes of at least 4 members (excludes halogenated alkanes) is 2. The van der Waals surface area contributed by atoms with E-state index in [-0.39, 0.29) is 17.2 Å². The third-order valence-corrected chi connectivity index (χ3v) is 2.77. The van der Waals surface area contributed by atoms with E-state index in [0.717, 1.165) is 19.3 Å². The molecular formula is C14H20N2O4. The van der Waals surface area contributed by atoms with Crippen LogP contribution in [0.4, 0.5) is 0 Å². The van der Waals surface area contributed by atoms with Crippen molar-refractivity contribution in [3.05, 3.63) is 23.8 Å². The van der Waals surface area contributed by atoms with E-state index in [1.54, 1.807) is 0 Å². The molecule has 1 aromatic carbocycles. The molecule has 0 aliphatic carbocycles. The van der Waals surface area contributed by atoms with E-state index >= 15 is 0 Å². The highest BCUT2D eigenvalue weighted by Crippen LogP contribution is 2.27. The Morgan fingerprint density at radius 3 is 2.35 bits per heavy atom. The zero-order valence-electron chi connectivity index (χ0n) is 11.5. The van der Waals surface area contributed by atoms with Crippen LogP contribution in [0.15, 0.2) is 18.2 Å². The number of hydrogen-bond donors (Lipinski definition) is 4. The Hall–Kier alpha value is -2.24.